The van der Waals surface area contributed by atoms with E-state index in [0.29, 0.717) is 9.55 Å². The minimum absolute atomic E-state index is 0.187. The molecule has 2 aromatic heterocycles. The lowest BCUT2D eigenvalue weighted by molar-refractivity contribution is 0.811. The van der Waals surface area contributed by atoms with Crippen molar-refractivity contribution in [1.82, 2.24) is 14.6 Å². The maximum atomic E-state index is 13.0. The molecule has 0 bridgehead atoms. The number of thiazole rings is 1. The summed E-state index contributed by atoms with van der Waals surface area (Å²) in [5, 5.41) is 6.98. The Morgan fingerprint density at radius 3 is 2.60 bits per heavy atom. The van der Waals surface area contributed by atoms with Crippen molar-refractivity contribution >= 4 is 44.7 Å². The fourth-order valence-corrected chi connectivity index (χ4v) is 4.49. The highest BCUT2D eigenvalue weighted by Crippen LogP contribution is 2.19. The monoisotopic (exact) mass is 431 g/mol. The fourth-order valence-electron chi connectivity index (χ4n) is 3.39. The first-order chi connectivity index (χ1) is 14.6. The Balaban J connectivity index is 1.66. The predicted molar refractivity (Wildman–Crippen MR) is 120 cm³/mol. The van der Waals surface area contributed by atoms with Crippen LogP contribution in [0.15, 0.2) is 76.3 Å². The topological polar surface area (TPSA) is 64.3 Å². The molecule has 0 amide bonds. The van der Waals surface area contributed by atoms with Crippen molar-refractivity contribution in [2.75, 3.05) is 0 Å². The quantitative estimate of drug-likeness (QED) is 0.439. The molecule has 0 unspecified atom stereocenters. The average Bonchev–Trinajstić information content (AvgIpc) is 3.04. The average molecular weight is 432 g/mol. The summed E-state index contributed by atoms with van der Waals surface area (Å²) < 4.78 is 1.68. The second-order valence-corrected chi connectivity index (χ2v) is 8.23. The van der Waals surface area contributed by atoms with Crippen LogP contribution in [0.3, 0.4) is 0 Å². The number of aromatic nitrogens is 3. The first-order valence-corrected chi connectivity index (χ1v) is 10.5. The maximum Gasteiger partial charge on any atom is 0.296 e. The normalized spacial score (nSPS) is 12.1. The minimum Gasteiger partial charge on any atom is -0.266 e. The minimum atomic E-state index is -0.451. The van der Waals surface area contributed by atoms with Gasteiger partial charge in [0.1, 0.15) is 5.69 Å². The molecule has 0 saturated heterocycles. The maximum absolute atomic E-state index is 13.0. The molecule has 0 saturated carbocycles. The van der Waals surface area contributed by atoms with Crippen LogP contribution in [0.4, 0.5) is 0 Å². The van der Waals surface area contributed by atoms with Gasteiger partial charge >= 0.3 is 0 Å². The Bertz CT molecular complexity index is 1580. The summed E-state index contributed by atoms with van der Waals surface area (Å²) in [6, 6.07) is 21.1. The second-order valence-electron chi connectivity index (χ2n) is 6.81. The largest absolute Gasteiger partial charge is 0.296 e. The molecule has 0 radical (unpaired) electrons. The lowest BCUT2D eigenvalue weighted by Crippen LogP contribution is -2.28. The Kier molecular flexibility index (Phi) is 4.65. The Hall–Kier alpha value is -3.35. The number of rotatable bonds is 3. The summed E-state index contributed by atoms with van der Waals surface area (Å²) in [5.41, 5.74) is 1.13. The third-order valence-corrected chi connectivity index (χ3v) is 6.20. The van der Waals surface area contributed by atoms with Crippen LogP contribution >= 0.6 is 22.9 Å². The van der Waals surface area contributed by atoms with Crippen molar-refractivity contribution in [3.63, 3.8) is 0 Å². The van der Waals surface area contributed by atoms with Crippen LogP contribution in [-0.2, 0) is 6.42 Å². The summed E-state index contributed by atoms with van der Waals surface area (Å²) >= 11 is 7.35. The van der Waals surface area contributed by atoms with Gasteiger partial charge in [-0.05, 0) is 34.0 Å². The van der Waals surface area contributed by atoms with E-state index in [-0.39, 0.29) is 22.6 Å². The van der Waals surface area contributed by atoms with E-state index in [9.17, 15) is 9.59 Å². The highest BCUT2D eigenvalue weighted by Gasteiger charge is 2.13. The van der Waals surface area contributed by atoms with Crippen molar-refractivity contribution in [2.24, 2.45) is 0 Å². The van der Waals surface area contributed by atoms with Gasteiger partial charge in [-0.15, -0.1) is 0 Å². The predicted octanol–water partition coefficient (Wildman–Crippen LogP) is 3.46. The number of nitrogens with zero attached hydrogens (tertiary/aromatic N) is 3. The van der Waals surface area contributed by atoms with E-state index in [0.717, 1.165) is 33.2 Å². The zero-order valence-corrected chi connectivity index (χ0v) is 17.2. The van der Waals surface area contributed by atoms with Crippen molar-refractivity contribution < 1.29 is 0 Å². The van der Waals surface area contributed by atoms with Gasteiger partial charge in [-0.3, -0.25) is 9.59 Å². The van der Waals surface area contributed by atoms with Crippen LogP contribution in [0.2, 0.25) is 5.02 Å². The van der Waals surface area contributed by atoms with E-state index in [2.05, 4.69) is 10.1 Å². The smallest absolute Gasteiger partial charge is 0.266 e. The lowest BCUT2D eigenvalue weighted by Gasteiger charge is -2.02. The van der Waals surface area contributed by atoms with Gasteiger partial charge in [-0.1, -0.05) is 83.6 Å². The van der Waals surface area contributed by atoms with Crippen LogP contribution in [0.5, 0.6) is 0 Å². The highest BCUT2D eigenvalue weighted by molar-refractivity contribution is 7.15. The summed E-state index contributed by atoms with van der Waals surface area (Å²) in [6.45, 7) is 0. The van der Waals surface area contributed by atoms with Crippen molar-refractivity contribution in [3.05, 3.63) is 114 Å². The molecule has 0 atom stereocenters. The molecule has 146 valence electrons. The van der Waals surface area contributed by atoms with Crippen molar-refractivity contribution in [2.45, 2.75) is 6.42 Å². The molecule has 0 aliphatic heterocycles. The third-order valence-electron chi connectivity index (χ3n) is 4.88. The number of hydrogen-bond acceptors (Lipinski definition) is 5. The Morgan fingerprint density at radius 1 is 0.967 bits per heavy atom. The number of benzene rings is 3. The second kappa shape index (κ2) is 7.48. The van der Waals surface area contributed by atoms with Crippen LogP contribution in [0, 0.1) is 0 Å². The highest BCUT2D eigenvalue weighted by atomic mass is 35.5. The molecule has 5 rings (SSSR count). The first-order valence-electron chi connectivity index (χ1n) is 9.26. The molecule has 0 aliphatic carbocycles. The van der Waals surface area contributed by atoms with Crippen LogP contribution in [-0.4, -0.2) is 14.6 Å². The zero-order chi connectivity index (χ0) is 20.7. The van der Waals surface area contributed by atoms with Gasteiger partial charge in [-0.2, -0.15) is 14.6 Å². The molecular weight excluding hydrogens is 418 g/mol. The SMILES string of the molecule is O=c1nc2s/c(=C/c3cccc4ccccc34)c(=O)n2nc1Cc1ccccc1Cl. The van der Waals surface area contributed by atoms with Gasteiger partial charge in [0.25, 0.3) is 11.1 Å². The van der Waals surface area contributed by atoms with E-state index < -0.39 is 5.56 Å². The van der Waals surface area contributed by atoms with Crippen LogP contribution < -0.4 is 15.7 Å². The van der Waals surface area contributed by atoms with Gasteiger partial charge in [0.15, 0.2) is 0 Å². The molecule has 0 aliphatic rings. The molecule has 0 fully saturated rings. The lowest BCUT2D eigenvalue weighted by atomic mass is 10.0. The van der Waals surface area contributed by atoms with Gasteiger partial charge in [0.05, 0.1) is 4.53 Å². The Labute approximate surface area is 179 Å². The summed E-state index contributed by atoms with van der Waals surface area (Å²) in [7, 11) is 0. The first kappa shape index (κ1) is 18.7. The molecule has 0 spiro atoms. The fraction of sp³-hybridized carbons (Fsp3) is 0.0435. The van der Waals surface area contributed by atoms with Gasteiger partial charge in [-0.25, -0.2) is 0 Å². The van der Waals surface area contributed by atoms with E-state index in [1.807, 2.05) is 66.7 Å². The molecule has 30 heavy (non-hydrogen) atoms. The van der Waals surface area contributed by atoms with Gasteiger partial charge in [0.2, 0.25) is 4.96 Å². The van der Waals surface area contributed by atoms with E-state index in [1.54, 1.807) is 6.07 Å². The standard InChI is InChI=1S/C23H14ClN3O2S/c24-18-11-4-2-7-16(18)12-19-21(28)25-23-27(26-19)22(29)20(30-23)13-15-9-5-8-14-6-1-3-10-17(14)15/h1-11,13H,12H2/b20-13+. The molecule has 0 N–H and O–H groups in total. The number of halogens is 1. The molecule has 7 heteroatoms. The molecular formula is C23H14ClN3O2S. The van der Waals surface area contributed by atoms with Crippen molar-refractivity contribution in [1.29, 1.82) is 0 Å². The molecule has 3 aromatic carbocycles. The molecule has 5 aromatic rings. The Morgan fingerprint density at radius 2 is 1.73 bits per heavy atom. The summed E-state index contributed by atoms with van der Waals surface area (Å²) in [4.78, 5) is 29.8. The van der Waals surface area contributed by atoms with E-state index in [1.165, 1.54) is 4.52 Å². The van der Waals surface area contributed by atoms with Crippen molar-refractivity contribution in [3.8, 4) is 0 Å². The van der Waals surface area contributed by atoms with Crippen LogP contribution in [0.25, 0.3) is 21.8 Å². The number of hydrogen-bond donors (Lipinski definition) is 0. The molecule has 2 heterocycles. The number of fused-ring (bicyclic) bond motifs is 2. The van der Waals surface area contributed by atoms with Gasteiger partial charge in [0, 0.05) is 11.4 Å². The third kappa shape index (κ3) is 3.30. The van der Waals surface area contributed by atoms with E-state index in [4.69, 9.17) is 11.6 Å². The van der Waals surface area contributed by atoms with Crippen LogP contribution in [0.1, 0.15) is 16.8 Å². The van der Waals surface area contributed by atoms with E-state index >= 15 is 0 Å². The molecule has 5 nitrogen and oxygen atoms in total. The zero-order valence-electron chi connectivity index (χ0n) is 15.6. The summed E-state index contributed by atoms with van der Waals surface area (Å²) in [5.74, 6) is 0. The summed E-state index contributed by atoms with van der Waals surface area (Å²) in [6.07, 6.45) is 2.04. The van der Waals surface area contributed by atoms with Gasteiger partial charge < -0.3 is 0 Å².